The lowest BCUT2D eigenvalue weighted by Gasteiger charge is -2.21. The Kier molecular flexibility index (Phi) is 3.58. The summed E-state index contributed by atoms with van der Waals surface area (Å²) in [4.78, 5) is 3.07. The van der Waals surface area contributed by atoms with Crippen LogP contribution in [0.25, 0.3) is 5.69 Å². The number of rotatable bonds is 1. The summed E-state index contributed by atoms with van der Waals surface area (Å²) in [5.74, 6) is 0. The second-order valence-electron chi connectivity index (χ2n) is 5.16. The zero-order valence-electron chi connectivity index (χ0n) is 10.4. The summed E-state index contributed by atoms with van der Waals surface area (Å²) >= 11 is 17.5. The first kappa shape index (κ1) is 13.7. The third-order valence-electron chi connectivity index (χ3n) is 2.70. The Labute approximate surface area is 122 Å². The Hall–Kier alpha value is -0.770. The average molecular weight is 301 g/mol. The minimum absolute atomic E-state index is 0.0312. The van der Waals surface area contributed by atoms with E-state index in [0.717, 1.165) is 11.4 Å². The van der Waals surface area contributed by atoms with Crippen molar-refractivity contribution in [2.24, 2.45) is 0 Å². The summed E-state index contributed by atoms with van der Waals surface area (Å²) in [6.07, 6.45) is 1.92. The molecule has 5 heteroatoms. The van der Waals surface area contributed by atoms with Gasteiger partial charge in [0.25, 0.3) is 0 Å². The van der Waals surface area contributed by atoms with Gasteiger partial charge in [-0.15, -0.1) is 0 Å². The molecule has 0 fully saturated rings. The van der Waals surface area contributed by atoms with Crippen LogP contribution in [0.1, 0.15) is 26.5 Å². The van der Waals surface area contributed by atoms with Crippen LogP contribution in [0.4, 0.5) is 0 Å². The van der Waals surface area contributed by atoms with E-state index < -0.39 is 0 Å². The van der Waals surface area contributed by atoms with Crippen molar-refractivity contribution in [1.82, 2.24) is 9.55 Å². The Morgan fingerprint density at radius 2 is 1.89 bits per heavy atom. The van der Waals surface area contributed by atoms with Crippen molar-refractivity contribution in [3.63, 3.8) is 0 Å². The average Bonchev–Trinajstić information content (AvgIpc) is 2.60. The minimum atomic E-state index is -0.0312. The topological polar surface area (TPSA) is 20.7 Å². The Morgan fingerprint density at radius 1 is 1.22 bits per heavy atom. The van der Waals surface area contributed by atoms with E-state index in [0.29, 0.717) is 14.8 Å². The molecule has 2 nitrogen and oxygen atoms in total. The number of H-pyrrole nitrogens is 1. The first-order chi connectivity index (χ1) is 8.30. The molecule has 18 heavy (non-hydrogen) atoms. The van der Waals surface area contributed by atoms with E-state index in [2.05, 4.69) is 25.8 Å². The van der Waals surface area contributed by atoms with Crippen molar-refractivity contribution < 1.29 is 0 Å². The van der Waals surface area contributed by atoms with E-state index in [4.69, 9.17) is 35.4 Å². The van der Waals surface area contributed by atoms with Gasteiger partial charge >= 0.3 is 0 Å². The van der Waals surface area contributed by atoms with E-state index >= 15 is 0 Å². The third kappa shape index (κ3) is 2.48. The number of hydrogen-bond acceptors (Lipinski definition) is 1. The molecule has 0 spiro atoms. The maximum atomic E-state index is 6.25. The van der Waals surface area contributed by atoms with Crippen LogP contribution in [0.15, 0.2) is 24.4 Å². The first-order valence-electron chi connectivity index (χ1n) is 5.57. The molecule has 0 aliphatic heterocycles. The number of halogens is 2. The SMILES string of the molecule is CC(C)(C)c1c[nH]c(=S)n1-c1ccc(Cl)cc1Cl. The van der Waals surface area contributed by atoms with Gasteiger partial charge in [0.2, 0.25) is 0 Å². The second kappa shape index (κ2) is 4.72. The quantitative estimate of drug-likeness (QED) is 0.723. The fraction of sp³-hybridized carbons (Fsp3) is 0.308. The number of benzene rings is 1. The van der Waals surface area contributed by atoms with E-state index in [1.165, 1.54) is 0 Å². The number of nitrogens with one attached hydrogen (secondary N) is 1. The van der Waals surface area contributed by atoms with Gasteiger partial charge in [0.15, 0.2) is 4.77 Å². The van der Waals surface area contributed by atoms with E-state index in [1.54, 1.807) is 6.07 Å². The fourth-order valence-corrected chi connectivity index (χ4v) is 2.57. The molecular weight excluding hydrogens is 287 g/mol. The van der Waals surface area contributed by atoms with Crippen LogP contribution < -0.4 is 0 Å². The molecule has 1 aromatic heterocycles. The summed E-state index contributed by atoms with van der Waals surface area (Å²) in [5.41, 5.74) is 1.89. The van der Waals surface area contributed by atoms with Gasteiger partial charge in [0, 0.05) is 22.3 Å². The van der Waals surface area contributed by atoms with Crippen LogP contribution in [-0.4, -0.2) is 9.55 Å². The largest absolute Gasteiger partial charge is 0.337 e. The summed E-state index contributed by atoms with van der Waals surface area (Å²) < 4.78 is 2.58. The molecule has 0 unspecified atom stereocenters. The molecule has 0 amide bonds. The predicted molar refractivity (Wildman–Crippen MR) is 79.7 cm³/mol. The molecule has 2 aromatic rings. The Morgan fingerprint density at radius 3 is 2.44 bits per heavy atom. The fourth-order valence-electron chi connectivity index (χ4n) is 1.82. The first-order valence-corrected chi connectivity index (χ1v) is 6.73. The highest BCUT2D eigenvalue weighted by Crippen LogP contribution is 2.30. The Bertz CT molecular complexity index is 635. The number of hydrogen-bond donors (Lipinski definition) is 1. The van der Waals surface area contributed by atoms with Crippen LogP contribution in [-0.2, 0) is 5.41 Å². The van der Waals surface area contributed by atoms with Crippen molar-refractivity contribution in [2.75, 3.05) is 0 Å². The molecule has 2 rings (SSSR count). The zero-order chi connectivity index (χ0) is 13.5. The molecule has 0 aliphatic rings. The van der Waals surface area contributed by atoms with Crippen molar-refractivity contribution in [3.8, 4) is 5.69 Å². The number of imidazole rings is 1. The van der Waals surface area contributed by atoms with Gasteiger partial charge in [-0.3, -0.25) is 4.57 Å². The number of nitrogens with zero attached hydrogens (tertiary/aromatic N) is 1. The summed E-state index contributed by atoms with van der Waals surface area (Å²) in [7, 11) is 0. The van der Waals surface area contributed by atoms with Crippen molar-refractivity contribution in [3.05, 3.63) is 44.9 Å². The van der Waals surface area contributed by atoms with Crippen LogP contribution in [0.2, 0.25) is 10.0 Å². The molecule has 0 bridgehead atoms. The highest BCUT2D eigenvalue weighted by Gasteiger charge is 2.21. The highest BCUT2D eigenvalue weighted by atomic mass is 35.5. The molecule has 0 atom stereocenters. The van der Waals surface area contributed by atoms with Gasteiger partial charge in [-0.05, 0) is 30.4 Å². The van der Waals surface area contributed by atoms with Crippen LogP contribution in [0.5, 0.6) is 0 Å². The monoisotopic (exact) mass is 300 g/mol. The Balaban J connectivity index is 2.71. The van der Waals surface area contributed by atoms with Gasteiger partial charge in [0.1, 0.15) is 0 Å². The molecule has 1 aromatic carbocycles. The number of aromatic amines is 1. The molecule has 0 aliphatic carbocycles. The van der Waals surface area contributed by atoms with Gasteiger partial charge < -0.3 is 4.98 Å². The van der Waals surface area contributed by atoms with Crippen molar-refractivity contribution in [2.45, 2.75) is 26.2 Å². The molecule has 96 valence electrons. The van der Waals surface area contributed by atoms with E-state index in [1.807, 2.05) is 22.9 Å². The predicted octanol–water partition coefficient (Wildman–Crippen LogP) is 5.14. The highest BCUT2D eigenvalue weighted by molar-refractivity contribution is 7.71. The summed E-state index contributed by atoms with van der Waals surface area (Å²) in [6, 6.07) is 5.41. The third-order valence-corrected chi connectivity index (χ3v) is 3.53. The van der Waals surface area contributed by atoms with Crippen LogP contribution in [0.3, 0.4) is 0 Å². The van der Waals surface area contributed by atoms with Gasteiger partial charge in [0.05, 0.1) is 10.7 Å². The lowest BCUT2D eigenvalue weighted by molar-refractivity contribution is 0.556. The van der Waals surface area contributed by atoms with Crippen molar-refractivity contribution >= 4 is 35.4 Å². The van der Waals surface area contributed by atoms with Gasteiger partial charge in [-0.1, -0.05) is 44.0 Å². The summed E-state index contributed by atoms with van der Waals surface area (Å²) in [5, 5.41) is 1.20. The smallest absolute Gasteiger partial charge is 0.182 e. The summed E-state index contributed by atoms with van der Waals surface area (Å²) in [6.45, 7) is 6.39. The normalized spacial score (nSPS) is 11.8. The molecule has 1 N–H and O–H groups in total. The van der Waals surface area contributed by atoms with Gasteiger partial charge in [-0.2, -0.15) is 0 Å². The molecule has 0 saturated carbocycles. The maximum Gasteiger partial charge on any atom is 0.182 e. The van der Waals surface area contributed by atoms with Crippen LogP contribution >= 0.6 is 35.4 Å². The minimum Gasteiger partial charge on any atom is -0.337 e. The van der Waals surface area contributed by atoms with Crippen molar-refractivity contribution in [1.29, 1.82) is 0 Å². The number of aromatic nitrogens is 2. The van der Waals surface area contributed by atoms with Gasteiger partial charge in [-0.25, -0.2) is 0 Å². The maximum absolute atomic E-state index is 6.25. The standard InChI is InChI=1S/C13H14Cl2N2S/c1-13(2,3)11-7-16-12(18)17(11)10-5-4-8(14)6-9(10)15/h4-7H,1-3H3,(H,16,18). The van der Waals surface area contributed by atoms with E-state index in [9.17, 15) is 0 Å². The zero-order valence-corrected chi connectivity index (χ0v) is 12.7. The molecular formula is C13H14Cl2N2S. The lowest BCUT2D eigenvalue weighted by Crippen LogP contribution is -2.16. The van der Waals surface area contributed by atoms with Crippen LogP contribution in [0, 0.1) is 4.77 Å². The molecule has 0 saturated heterocycles. The molecule has 1 heterocycles. The lowest BCUT2D eigenvalue weighted by atomic mass is 9.92. The molecule has 0 radical (unpaired) electrons. The van der Waals surface area contributed by atoms with E-state index in [-0.39, 0.29) is 5.41 Å². The second-order valence-corrected chi connectivity index (χ2v) is 6.39.